The highest BCUT2D eigenvalue weighted by Gasteiger charge is 2.29. The minimum atomic E-state index is -3.07. The third kappa shape index (κ3) is 10.7. The second-order valence-electron chi connectivity index (χ2n) is 7.83. The van der Waals surface area contributed by atoms with Crippen molar-refractivity contribution in [3.05, 3.63) is 63.1 Å². The summed E-state index contributed by atoms with van der Waals surface area (Å²) in [4.78, 5) is 14.6. The van der Waals surface area contributed by atoms with Gasteiger partial charge in [0.15, 0.2) is 5.78 Å². The lowest BCUT2D eigenvalue weighted by molar-refractivity contribution is 0.0174. The van der Waals surface area contributed by atoms with Gasteiger partial charge in [-0.3, -0.25) is 9.78 Å². The maximum absolute atomic E-state index is 13.3. The number of nitrogens with zero attached hydrogens (tertiary/aromatic N) is 1. The fraction of sp³-hybridized carbons (Fsp3) is 0.538. The van der Waals surface area contributed by atoms with Crippen molar-refractivity contribution >= 4 is 29.0 Å². The van der Waals surface area contributed by atoms with Crippen molar-refractivity contribution in [1.29, 1.82) is 0 Å². The van der Waals surface area contributed by atoms with Gasteiger partial charge in [-0.2, -0.15) is 0 Å². The first-order valence-electron chi connectivity index (χ1n) is 11.5. The van der Waals surface area contributed by atoms with Crippen LogP contribution in [0.4, 0.5) is 17.6 Å². The Morgan fingerprint density at radius 1 is 1.09 bits per heavy atom. The Balaban J connectivity index is 0.000000613. The second kappa shape index (κ2) is 16.1. The summed E-state index contributed by atoms with van der Waals surface area (Å²) in [5.41, 5.74) is 0.327. The van der Waals surface area contributed by atoms with Crippen LogP contribution in [0.15, 0.2) is 30.5 Å². The molecule has 0 saturated carbocycles. The summed E-state index contributed by atoms with van der Waals surface area (Å²) in [7, 11) is 0. The number of carbonyl (C=O) groups excluding carboxylic acids is 1. The lowest BCUT2D eigenvalue weighted by Crippen LogP contribution is -2.11. The Kier molecular flexibility index (Phi) is 15.3. The zero-order chi connectivity index (χ0) is 26.5. The number of aromatic nitrogens is 1. The van der Waals surface area contributed by atoms with Crippen LogP contribution in [0.5, 0.6) is 0 Å². The van der Waals surface area contributed by atoms with E-state index in [2.05, 4.69) is 4.98 Å². The average Bonchev–Trinajstić information content (AvgIpc) is 2.76. The van der Waals surface area contributed by atoms with Gasteiger partial charge in [-0.25, -0.2) is 17.6 Å². The van der Waals surface area contributed by atoms with Crippen LogP contribution >= 0.6 is 23.2 Å². The quantitative estimate of drug-likeness (QED) is 0.241. The number of rotatable bonds is 9. The first kappa shape index (κ1) is 32.3. The summed E-state index contributed by atoms with van der Waals surface area (Å²) < 4.78 is 52.5. The SMILES string of the molecule is CC.CC(=O)c1nccc(C(C)(F)F)c1Cl.CCCC(F)CCCC(C)c1cccc(F)c1Cl. The Hall–Kier alpha value is -1.66. The summed E-state index contributed by atoms with van der Waals surface area (Å²) in [5.74, 6) is -3.71. The Morgan fingerprint density at radius 3 is 2.24 bits per heavy atom. The molecule has 0 bridgehead atoms. The Morgan fingerprint density at radius 2 is 1.71 bits per heavy atom. The molecule has 0 N–H and O–H groups in total. The van der Waals surface area contributed by atoms with Crippen LogP contribution < -0.4 is 0 Å². The number of ketones is 1. The molecule has 0 amide bonds. The lowest BCUT2D eigenvalue weighted by Gasteiger charge is -2.14. The number of Topliss-reactive ketones (excluding diaryl/α,β-unsaturated/α-hetero) is 1. The van der Waals surface area contributed by atoms with Crippen LogP contribution in [-0.4, -0.2) is 16.9 Å². The molecule has 0 spiro atoms. The second-order valence-corrected chi connectivity index (χ2v) is 8.58. The van der Waals surface area contributed by atoms with Crippen molar-refractivity contribution in [2.45, 2.75) is 91.7 Å². The summed E-state index contributed by atoms with van der Waals surface area (Å²) >= 11 is 11.6. The van der Waals surface area contributed by atoms with Gasteiger partial charge >= 0.3 is 0 Å². The first-order valence-corrected chi connectivity index (χ1v) is 12.3. The lowest BCUT2D eigenvalue weighted by atomic mass is 9.94. The number of alkyl halides is 3. The van der Waals surface area contributed by atoms with E-state index in [1.807, 2.05) is 33.8 Å². The number of benzene rings is 1. The highest BCUT2D eigenvalue weighted by atomic mass is 35.5. The molecule has 0 fully saturated rings. The minimum absolute atomic E-state index is 0.120. The summed E-state index contributed by atoms with van der Waals surface area (Å²) in [6.07, 6.45) is 4.20. The van der Waals surface area contributed by atoms with E-state index in [-0.39, 0.29) is 33.0 Å². The summed E-state index contributed by atoms with van der Waals surface area (Å²) in [6, 6.07) is 5.98. The van der Waals surface area contributed by atoms with E-state index >= 15 is 0 Å². The molecule has 0 aliphatic carbocycles. The smallest absolute Gasteiger partial charge is 0.272 e. The van der Waals surface area contributed by atoms with E-state index in [1.54, 1.807) is 6.07 Å². The van der Waals surface area contributed by atoms with Crippen LogP contribution in [0.1, 0.15) is 101 Å². The van der Waals surface area contributed by atoms with Gasteiger partial charge in [-0.15, -0.1) is 0 Å². The molecule has 2 aromatic rings. The zero-order valence-electron chi connectivity index (χ0n) is 20.7. The van der Waals surface area contributed by atoms with Crippen LogP contribution in [0, 0.1) is 5.82 Å². The van der Waals surface area contributed by atoms with E-state index in [0.29, 0.717) is 12.8 Å². The van der Waals surface area contributed by atoms with Gasteiger partial charge < -0.3 is 0 Å². The molecular formula is C26H35Cl2F4NO. The molecule has 0 saturated heterocycles. The zero-order valence-corrected chi connectivity index (χ0v) is 22.2. The third-order valence-corrected chi connectivity index (χ3v) is 5.75. The highest BCUT2D eigenvalue weighted by molar-refractivity contribution is 6.34. The average molecular weight is 524 g/mol. The van der Waals surface area contributed by atoms with Crippen LogP contribution in [0.3, 0.4) is 0 Å². The van der Waals surface area contributed by atoms with E-state index in [0.717, 1.165) is 44.0 Å². The van der Waals surface area contributed by atoms with E-state index < -0.39 is 17.9 Å². The molecular weight excluding hydrogens is 489 g/mol. The van der Waals surface area contributed by atoms with Gasteiger partial charge in [0.2, 0.25) is 0 Å². The summed E-state index contributed by atoms with van der Waals surface area (Å²) in [5, 5.41) is -0.0668. The molecule has 0 aliphatic heterocycles. The van der Waals surface area contributed by atoms with E-state index in [1.165, 1.54) is 13.0 Å². The van der Waals surface area contributed by atoms with Gasteiger partial charge in [0, 0.05) is 25.6 Å². The van der Waals surface area contributed by atoms with E-state index in [9.17, 15) is 22.4 Å². The normalized spacial score (nSPS) is 12.6. The van der Waals surface area contributed by atoms with E-state index in [4.69, 9.17) is 23.2 Å². The molecule has 0 radical (unpaired) electrons. The maximum Gasteiger partial charge on any atom is 0.272 e. The molecule has 1 aromatic heterocycles. The van der Waals surface area contributed by atoms with Crippen LogP contribution in [0.2, 0.25) is 10.0 Å². The number of halogens is 6. The topological polar surface area (TPSA) is 30.0 Å². The van der Waals surface area contributed by atoms with Crippen molar-refractivity contribution in [2.24, 2.45) is 0 Å². The van der Waals surface area contributed by atoms with Crippen molar-refractivity contribution in [1.82, 2.24) is 4.98 Å². The predicted molar refractivity (Wildman–Crippen MR) is 134 cm³/mol. The number of pyridine rings is 1. The Labute approximate surface area is 211 Å². The number of hydrogen-bond donors (Lipinski definition) is 0. The Bertz CT molecular complexity index is 888. The third-order valence-electron chi connectivity index (χ3n) is 4.96. The predicted octanol–water partition coefficient (Wildman–Crippen LogP) is 9.97. The maximum atomic E-state index is 13.3. The largest absolute Gasteiger partial charge is 0.293 e. The molecule has 2 unspecified atom stereocenters. The minimum Gasteiger partial charge on any atom is -0.293 e. The van der Waals surface area contributed by atoms with Gasteiger partial charge in [-0.1, -0.05) is 69.5 Å². The van der Waals surface area contributed by atoms with Crippen molar-refractivity contribution < 1.29 is 22.4 Å². The molecule has 2 atom stereocenters. The monoisotopic (exact) mass is 523 g/mol. The van der Waals surface area contributed by atoms with Crippen molar-refractivity contribution in [3.63, 3.8) is 0 Å². The molecule has 0 aliphatic rings. The van der Waals surface area contributed by atoms with Crippen molar-refractivity contribution in [2.75, 3.05) is 0 Å². The standard InChI is InChI=1S/C15H21ClF2.C9H8ClF2NO.C2H6/c1-3-6-12(17)8-4-7-11(2)13-9-5-10-14(18)15(13)16;1-5(14)8-7(10)6(3-4-13-8)9(2,11)12;1-2/h5,9-12H,3-4,6-8H2,1-2H3;3-4H,1-2H3;1-2H3. The molecule has 2 nitrogen and oxygen atoms in total. The molecule has 1 aromatic carbocycles. The number of hydrogen-bond acceptors (Lipinski definition) is 2. The van der Waals surface area contributed by atoms with Crippen LogP contribution in [-0.2, 0) is 5.92 Å². The molecule has 34 heavy (non-hydrogen) atoms. The molecule has 2 rings (SSSR count). The summed E-state index contributed by atoms with van der Waals surface area (Å²) in [6.45, 7) is 9.94. The fourth-order valence-corrected chi connectivity index (χ4v) is 3.91. The number of carbonyl (C=O) groups is 1. The molecule has 8 heteroatoms. The molecule has 1 heterocycles. The van der Waals surface area contributed by atoms with Gasteiger partial charge in [-0.05, 0) is 49.3 Å². The van der Waals surface area contributed by atoms with Gasteiger partial charge in [0.1, 0.15) is 17.7 Å². The van der Waals surface area contributed by atoms with Gasteiger partial charge in [0.05, 0.1) is 10.0 Å². The van der Waals surface area contributed by atoms with Crippen molar-refractivity contribution in [3.8, 4) is 0 Å². The van der Waals surface area contributed by atoms with Gasteiger partial charge in [0.25, 0.3) is 5.92 Å². The first-order chi connectivity index (χ1) is 15.9. The molecule has 192 valence electrons. The highest BCUT2D eigenvalue weighted by Crippen LogP contribution is 2.34. The van der Waals surface area contributed by atoms with Crippen LogP contribution in [0.25, 0.3) is 0 Å². The fourth-order valence-electron chi connectivity index (χ4n) is 3.19.